The minimum atomic E-state index is -0.345. The first-order valence-corrected chi connectivity index (χ1v) is 7.78. The van der Waals surface area contributed by atoms with Crippen molar-refractivity contribution in [3.63, 3.8) is 0 Å². The molecule has 0 bridgehead atoms. The predicted molar refractivity (Wildman–Crippen MR) is 79.9 cm³/mol. The van der Waals surface area contributed by atoms with E-state index in [-0.39, 0.29) is 11.9 Å². The van der Waals surface area contributed by atoms with Gasteiger partial charge in [-0.2, -0.15) is 0 Å². The molecule has 1 aliphatic rings. The molecule has 3 N–H and O–H groups in total. The molecule has 1 atom stereocenters. The summed E-state index contributed by atoms with van der Waals surface area (Å²) in [5.41, 5.74) is 5.85. The van der Waals surface area contributed by atoms with Crippen molar-refractivity contribution in [3.05, 3.63) is 0 Å². The summed E-state index contributed by atoms with van der Waals surface area (Å²) < 4.78 is 0. The Morgan fingerprint density at radius 3 is 2.53 bits per heavy atom. The van der Waals surface area contributed by atoms with E-state index in [0.717, 1.165) is 31.8 Å². The Kier molecular flexibility index (Phi) is 7.39. The van der Waals surface area contributed by atoms with Gasteiger partial charge in [-0.05, 0) is 57.2 Å². The summed E-state index contributed by atoms with van der Waals surface area (Å²) in [5.74, 6) is 1.25. The van der Waals surface area contributed by atoms with Crippen LogP contribution in [0.15, 0.2) is 0 Å². The van der Waals surface area contributed by atoms with Gasteiger partial charge in [-0.1, -0.05) is 20.8 Å². The van der Waals surface area contributed by atoms with Gasteiger partial charge in [0.2, 0.25) is 5.91 Å². The number of nitrogens with zero attached hydrogens (tertiary/aromatic N) is 1. The molecule has 1 saturated heterocycles. The maximum absolute atomic E-state index is 11.8. The summed E-state index contributed by atoms with van der Waals surface area (Å²) in [7, 11) is 0. The number of nitrogens with two attached hydrogens (primary N) is 1. The molecule has 0 aromatic carbocycles. The van der Waals surface area contributed by atoms with Gasteiger partial charge < -0.3 is 16.0 Å². The van der Waals surface area contributed by atoms with Crippen LogP contribution in [0.3, 0.4) is 0 Å². The van der Waals surface area contributed by atoms with Gasteiger partial charge in [0.25, 0.3) is 0 Å². The third-order valence-electron chi connectivity index (χ3n) is 4.07. The van der Waals surface area contributed by atoms with Crippen LogP contribution in [0.5, 0.6) is 0 Å². The number of carbonyl (C=O) groups excluding carboxylic acids is 1. The van der Waals surface area contributed by atoms with Gasteiger partial charge >= 0.3 is 0 Å². The zero-order valence-electron chi connectivity index (χ0n) is 12.8. The molecule has 0 aromatic rings. The van der Waals surface area contributed by atoms with Crippen LogP contribution in [0.25, 0.3) is 0 Å². The summed E-state index contributed by atoms with van der Waals surface area (Å²) in [6.45, 7) is 10.8. The van der Waals surface area contributed by atoms with Gasteiger partial charge in [0.15, 0.2) is 0 Å². The number of hydrogen-bond acceptors (Lipinski definition) is 3. The molecular formula is C15H31N3O. The lowest BCUT2D eigenvalue weighted by atomic mass is 9.93. The van der Waals surface area contributed by atoms with E-state index in [2.05, 4.69) is 31.0 Å². The van der Waals surface area contributed by atoms with E-state index in [1.807, 2.05) is 0 Å². The van der Waals surface area contributed by atoms with Crippen LogP contribution in [0.1, 0.15) is 46.5 Å². The van der Waals surface area contributed by atoms with Gasteiger partial charge in [-0.25, -0.2) is 0 Å². The second-order valence-corrected chi connectivity index (χ2v) is 6.19. The number of piperidine rings is 1. The number of likely N-dealkylation sites (tertiary alicyclic amines) is 1. The summed E-state index contributed by atoms with van der Waals surface area (Å²) >= 11 is 0. The van der Waals surface area contributed by atoms with Gasteiger partial charge in [0.1, 0.15) is 0 Å². The predicted octanol–water partition coefficient (Wildman–Crippen LogP) is 1.60. The van der Waals surface area contributed by atoms with Crippen molar-refractivity contribution in [3.8, 4) is 0 Å². The van der Waals surface area contributed by atoms with E-state index in [0.29, 0.717) is 5.92 Å². The molecule has 112 valence electrons. The van der Waals surface area contributed by atoms with Gasteiger partial charge in [0.05, 0.1) is 6.04 Å². The molecule has 4 nitrogen and oxygen atoms in total. The normalized spacial score (nSPS) is 19.6. The summed E-state index contributed by atoms with van der Waals surface area (Å²) in [5, 5.41) is 2.98. The lowest BCUT2D eigenvalue weighted by molar-refractivity contribution is -0.122. The minimum absolute atomic E-state index is 0.0136. The first-order valence-electron chi connectivity index (χ1n) is 7.78. The van der Waals surface area contributed by atoms with Crippen molar-refractivity contribution in [2.75, 3.05) is 26.2 Å². The van der Waals surface area contributed by atoms with E-state index >= 15 is 0 Å². The fourth-order valence-electron chi connectivity index (χ4n) is 2.74. The Bertz CT molecular complexity index is 260. The number of hydrogen-bond donors (Lipinski definition) is 2. The Morgan fingerprint density at radius 2 is 2.00 bits per heavy atom. The lowest BCUT2D eigenvalue weighted by Crippen LogP contribution is -2.42. The second-order valence-electron chi connectivity index (χ2n) is 6.19. The molecule has 0 saturated carbocycles. The van der Waals surface area contributed by atoms with E-state index in [9.17, 15) is 4.79 Å². The molecule has 1 fully saturated rings. The number of nitrogens with one attached hydrogen (secondary N) is 1. The summed E-state index contributed by atoms with van der Waals surface area (Å²) in [4.78, 5) is 14.3. The van der Waals surface area contributed by atoms with Gasteiger partial charge in [0, 0.05) is 6.54 Å². The Morgan fingerprint density at radius 1 is 1.37 bits per heavy atom. The van der Waals surface area contributed by atoms with Crippen LogP contribution in [0.2, 0.25) is 0 Å². The molecule has 1 rings (SSSR count). The van der Waals surface area contributed by atoms with Crippen molar-refractivity contribution >= 4 is 5.91 Å². The van der Waals surface area contributed by atoms with Crippen LogP contribution in [-0.2, 0) is 4.79 Å². The van der Waals surface area contributed by atoms with E-state index in [1.165, 1.54) is 25.9 Å². The Labute approximate surface area is 118 Å². The molecule has 0 radical (unpaired) electrons. The third kappa shape index (κ3) is 6.39. The summed E-state index contributed by atoms with van der Waals surface area (Å²) in [6.07, 6.45) is 4.39. The zero-order valence-corrected chi connectivity index (χ0v) is 12.8. The highest BCUT2D eigenvalue weighted by Crippen LogP contribution is 2.19. The highest BCUT2D eigenvalue weighted by molar-refractivity contribution is 5.81. The molecule has 0 unspecified atom stereocenters. The topological polar surface area (TPSA) is 58.4 Å². The van der Waals surface area contributed by atoms with Crippen LogP contribution in [0.4, 0.5) is 0 Å². The fraction of sp³-hybridized carbons (Fsp3) is 0.933. The van der Waals surface area contributed by atoms with Crippen LogP contribution < -0.4 is 11.1 Å². The zero-order chi connectivity index (χ0) is 14.3. The van der Waals surface area contributed by atoms with E-state index < -0.39 is 0 Å². The van der Waals surface area contributed by atoms with Crippen molar-refractivity contribution in [1.29, 1.82) is 0 Å². The van der Waals surface area contributed by atoms with Crippen LogP contribution in [-0.4, -0.2) is 43.0 Å². The maximum atomic E-state index is 11.8. The van der Waals surface area contributed by atoms with E-state index in [4.69, 9.17) is 5.73 Å². The highest BCUT2D eigenvalue weighted by atomic mass is 16.2. The van der Waals surface area contributed by atoms with Crippen LogP contribution >= 0.6 is 0 Å². The van der Waals surface area contributed by atoms with Crippen molar-refractivity contribution < 1.29 is 4.79 Å². The van der Waals surface area contributed by atoms with Crippen molar-refractivity contribution in [2.24, 2.45) is 17.6 Å². The standard InChI is InChI=1S/C15H31N3O/c1-4-18-9-6-13(7-10-18)5-8-17-15(19)14(16)11-12(2)3/h12-14H,4-11,16H2,1-3H3,(H,17,19)/t14-/m0/s1. The average molecular weight is 269 g/mol. The lowest BCUT2D eigenvalue weighted by Gasteiger charge is -2.31. The quantitative estimate of drug-likeness (QED) is 0.738. The Hall–Kier alpha value is -0.610. The number of amides is 1. The SMILES string of the molecule is CCN1CCC(CCNC(=O)[C@@H](N)CC(C)C)CC1. The Balaban J connectivity index is 2.12. The molecule has 1 aliphatic heterocycles. The number of rotatable bonds is 7. The molecule has 4 heteroatoms. The second kappa shape index (κ2) is 8.54. The molecular weight excluding hydrogens is 238 g/mol. The fourth-order valence-corrected chi connectivity index (χ4v) is 2.74. The molecule has 1 amide bonds. The third-order valence-corrected chi connectivity index (χ3v) is 4.07. The van der Waals surface area contributed by atoms with Gasteiger partial charge in [-0.15, -0.1) is 0 Å². The van der Waals surface area contributed by atoms with Crippen molar-refractivity contribution in [1.82, 2.24) is 10.2 Å². The van der Waals surface area contributed by atoms with Crippen molar-refractivity contribution in [2.45, 2.75) is 52.5 Å². The largest absolute Gasteiger partial charge is 0.355 e. The molecule has 0 aliphatic carbocycles. The average Bonchev–Trinajstić information content (AvgIpc) is 2.38. The highest BCUT2D eigenvalue weighted by Gasteiger charge is 2.19. The molecule has 19 heavy (non-hydrogen) atoms. The van der Waals surface area contributed by atoms with Crippen LogP contribution in [0, 0.1) is 11.8 Å². The maximum Gasteiger partial charge on any atom is 0.236 e. The summed E-state index contributed by atoms with van der Waals surface area (Å²) in [6, 6.07) is -0.345. The number of carbonyl (C=O) groups is 1. The smallest absolute Gasteiger partial charge is 0.236 e. The molecule has 1 heterocycles. The molecule has 0 spiro atoms. The first-order chi connectivity index (χ1) is 9.02. The van der Waals surface area contributed by atoms with Gasteiger partial charge in [-0.3, -0.25) is 4.79 Å². The van der Waals surface area contributed by atoms with E-state index in [1.54, 1.807) is 0 Å². The molecule has 0 aromatic heterocycles. The monoisotopic (exact) mass is 269 g/mol. The first kappa shape index (κ1) is 16.4. The minimum Gasteiger partial charge on any atom is -0.355 e.